The van der Waals surface area contributed by atoms with Crippen molar-refractivity contribution in [3.63, 3.8) is 0 Å². The summed E-state index contributed by atoms with van der Waals surface area (Å²) in [6.45, 7) is 4.14. The molecule has 4 aromatic rings. The molecule has 0 aliphatic heterocycles. The van der Waals surface area contributed by atoms with Gasteiger partial charge in [0.15, 0.2) is 0 Å². The number of halogens is 2. The molecule has 0 aliphatic rings. The van der Waals surface area contributed by atoms with Gasteiger partial charge in [-0.25, -0.2) is 0 Å². The van der Waals surface area contributed by atoms with Crippen LogP contribution in [0.15, 0.2) is 72.9 Å². The second kappa shape index (κ2) is 9.81. The Morgan fingerprint density at radius 2 is 1.75 bits per heavy atom. The van der Waals surface area contributed by atoms with Gasteiger partial charge in [-0.2, -0.15) is 0 Å². The predicted molar refractivity (Wildman–Crippen MR) is 134 cm³/mol. The molecule has 1 amide bonds. The standard InChI is InChI=1S/C27H26Cl2N2O/c1-3-18-10-7-11-21-23(16-30-27(18)21)22(20-12-13-24(28)25(29)14-20)15-26(32)31-17(2)19-8-5-4-6-9-19/h4-14,16-17,22,30H,3,15H2,1-2H3,(H,31,32). The van der Waals surface area contributed by atoms with Crippen LogP contribution < -0.4 is 5.32 Å². The van der Waals surface area contributed by atoms with Gasteiger partial charge in [0.25, 0.3) is 0 Å². The number of fused-ring (bicyclic) bond motifs is 1. The second-order valence-corrected chi connectivity index (χ2v) is 8.88. The van der Waals surface area contributed by atoms with Gasteiger partial charge in [0.1, 0.15) is 0 Å². The number of carbonyl (C=O) groups is 1. The summed E-state index contributed by atoms with van der Waals surface area (Å²) >= 11 is 12.5. The van der Waals surface area contributed by atoms with Crippen molar-refractivity contribution in [1.82, 2.24) is 10.3 Å². The normalized spacial score (nSPS) is 13.1. The van der Waals surface area contributed by atoms with E-state index in [-0.39, 0.29) is 17.9 Å². The van der Waals surface area contributed by atoms with Crippen molar-refractivity contribution in [2.24, 2.45) is 0 Å². The summed E-state index contributed by atoms with van der Waals surface area (Å²) in [7, 11) is 0. The minimum absolute atomic E-state index is 0.0154. The van der Waals surface area contributed by atoms with Crippen molar-refractivity contribution in [3.05, 3.63) is 105 Å². The summed E-state index contributed by atoms with van der Waals surface area (Å²) in [5.41, 5.74) is 5.49. The molecule has 0 bridgehead atoms. The van der Waals surface area contributed by atoms with Crippen molar-refractivity contribution < 1.29 is 4.79 Å². The summed E-state index contributed by atoms with van der Waals surface area (Å²) in [5.74, 6) is -0.174. The molecule has 3 nitrogen and oxygen atoms in total. The Labute approximate surface area is 198 Å². The fourth-order valence-electron chi connectivity index (χ4n) is 4.27. The Bertz CT molecular complexity index is 1230. The number of hydrogen-bond donors (Lipinski definition) is 2. The molecule has 2 N–H and O–H groups in total. The third-order valence-electron chi connectivity index (χ3n) is 6.00. The topological polar surface area (TPSA) is 44.9 Å². The van der Waals surface area contributed by atoms with Gasteiger partial charge in [-0.05, 0) is 47.7 Å². The number of carbonyl (C=O) groups excluding carboxylic acids is 1. The Hall–Kier alpha value is -2.75. The van der Waals surface area contributed by atoms with Crippen LogP contribution in [0.3, 0.4) is 0 Å². The van der Waals surface area contributed by atoms with Gasteiger partial charge in [0.05, 0.1) is 16.1 Å². The van der Waals surface area contributed by atoms with Gasteiger partial charge < -0.3 is 10.3 Å². The van der Waals surface area contributed by atoms with Crippen molar-refractivity contribution in [2.75, 3.05) is 0 Å². The van der Waals surface area contributed by atoms with Crippen molar-refractivity contribution in [1.29, 1.82) is 0 Å². The Kier molecular flexibility index (Phi) is 6.88. The zero-order valence-electron chi connectivity index (χ0n) is 18.2. The number of rotatable bonds is 7. The first-order valence-electron chi connectivity index (χ1n) is 10.9. The van der Waals surface area contributed by atoms with Crippen LogP contribution in [0.4, 0.5) is 0 Å². The SMILES string of the molecule is CCc1cccc2c(C(CC(=O)NC(C)c3ccccc3)c3ccc(Cl)c(Cl)c3)c[nH]c12. The molecule has 0 aliphatic carbocycles. The predicted octanol–water partition coefficient (Wildman–Crippen LogP) is 7.44. The smallest absolute Gasteiger partial charge is 0.221 e. The van der Waals surface area contributed by atoms with Crippen LogP contribution in [-0.2, 0) is 11.2 Å². The molecule has 2 atom stereocenters. The van der Waals surface area contributed by atoms with Crippen LogP contribution in [0.5, 0.6) is 0 Å². The van der Waals surface area contributed by atoms with Crippen molar-refractivity contribution in [2.45, 2.75) is 38.6 Å². The first-order chi connectivity index (χ1) is 15.5. The molecule has 1 aromatic heterocycles. The molecule has 1 heterocycles. The molecular formula is C27H26Cl2N2O. The van der Waals surface area contributed by atoms with E-state index >= 15 is 0 Å². The Morgan fingerprint density at radius 3 is 2.47 bits per heavy atom. The Morgan fingerprint density at radius 1 is 0.969 bits per heavy atom. The number of benzene rings is 3. The number of aromatic amines is 1. The highest BCUT2D eigenvalue weighted by Gasteiger charge is 2.23. The number of aryl methyl sites for hydroxylation is 1. The quantitative estimate of drug-likeness (QED) is 0.293. The minimum Gasteiger partial charge on any atom is -0.361 e. The van der Waals surface area contributed by atoms with Crippen LogP contribution in [0.1, 0.15) is 54.5 Å². The van der Waals surface area contributed by atoms with Gasteiger partial charge in [0, 0.05) is 29.4 Å². The summed E-state index contributed by atoms with van der Waals surface area (Å²) in [6.07, 6.45) is 3.26. The van der Waals surface area contributed by atoms with E-state index in [0.29, 0.717) is 16.5 Å². The number of H-pyrrole nitrogens is 1. The molecule has 32 heavy (non-hydrogen) atoms. The molecule has 0 saturated heterocycles. The lowest BCUT2D eigenvalue weighted by atomic mass is 9.87. The zero-order chi connectivity index (χ0) is 22.7. The molecule has 3 aromatic carbocycles. The summed E-state index contributed by atoms with van der Waals surface area (Å²) < 4.78 is 0. The van der Waals surface area contributed by atoms with Crippen LogP contribution in [0.2, 0.25) is 10.0 Å². The number of nitrogens with one attached hydrogen (secondary N) is 2. The summed E-state index contributed by atoms with van der Waals surface area (Å²) in [4.78, 5) is 16.6. The van der Waals surface area contributed by atoms with E-state index < -0.39 is 0 Å². The molecule has 164 valence electrons. The van der Waals surface area contributed by atoms with Crippen LogP contribution in [0.25, 0.3) is 10.9 Å². The third-order valence-corrected chi connectivity index (χ3v) is 6.74. The van der Waals surface area contributed by atoms with E-state index in [1.807, 2.05) is 55.6 Å². The Balaban J connectivity index is 1.69. The highest BCUT2D eigenvalue weighted by molar-refractivity contribution is 6.42. The fraction of sp³-hybridized carbons (Fsp3) is 0.222. The fourth-order valence-corrected chi connectivity index (χ4v) is 4.58. The van der Waals surface area contributed by atoms with Crippen molar-refractivity contribution in [3.8, 4) is 0 Å². The number of aromatic nitrogens is 1. The van der Waals surface area contributed by atoms with E-state index in [2.05, 4.69) is 35.4 Å². The number of para-hydroxylation sites is 1. The molecule has 0 radical (unpaired) electrons. The molecular weight excluding hydrogens is 439 g/mol. The van der Waals surface area contributed by atoms with Crippen molar-refractivity contribution >= 4 is 40.0 Å². The average molecular weight is 465 g/mol. The van der Waals surface area contributed by atoms with Gasteiger partial charge in [-0.3, -0.25) is 4.79 Å². The lowest BCUT2D eigenvalue weighted by Crippen LogP contribution is -2.28. The van der Waals surface area contributed by atoms with Gasteiger partial charge >= 0.3 is 0 Å². The lowest BCUT2D eigenvalue weighted by molar-refractivity contribution is -0.121. The monoisotopic (exact) mass is 464 g/mol. The van der Waals surface area contributed by atoms with Gasteiger partial charge in [0.2, 0.25) is 5.91 Å². The highest BCUT2D eigenvalue weighted by Crippen LogP contribution is 2.37. The lowest BCUT2D eigenvalue weighted by Gasteiger charge is -2.20. The maximum atomic E-state index is 13.1. The van der Waals surface area contributed by atoms with Gasteiger partial charge in [-0.15, -0.1) is 0 Å². The first-order valence-corrected chi connectivity index (χ1v) is 11.6. The number of hydrogen-bond acceptors (Lipinski definition) is 1. The second-order valence-electron chi connectivity index (χ2n) is 8.07. The summed E-state index contributed by atoms with van der Waals surface area (Å²) in [6, 6.07) is 21.8. The van der Waals surface area contributed by atoms with Crippen LogP contribution in [0, 0.1) is 0 Å². The molecule has 0 fully saturated rings. The summed E-state index contributed by atoms with van der Waals surface area (Å²) in [5, 5.41) is 5.27. The third kappa shape index (κ3) is 4.69. The minimum atomic E-state index is -0.159. The maximum absolute atomic E-state index is 13.1. The van der Waals surface area contributed by atoms with Gasteiger partial charge in [-0.1, -0.05) is 84.7 Å². The maximum Gasteiger partial charge on any atom is 0.221 e. The van der Waals surface area contributed by atoms with E-state index in [1.165, 1.54) is 5.56 Å². The number of amides is 1. The van der Waals surface area contributed by atoms with E-state index in [0.717, 1.165) is 34.0 Å². The first kappa shape index (κ1) is 22.4. The van der Waals surface area contributed by atoms with E-state index in [9.17, 15) is 4.79 Å². The highest BCUT2D eigenvalue weighted by atomic mass is 35.5. The molecule has 5 heteroatoms. The van der Waals surface area contributed by atoms with E-state index in [4.69, 9.17) is 23.2 Å². The molecule has 2 unspecified atom stereocenters. The molecule has 4 rings (SSSR count). The average Bonchev–Trinajstić information content (AvgIpc) is 3.24. The molecule has 0 saturated carbocycles. The van der Waals surface area contributed by atoms with Crippen LogP contribution >= 0.6 is 23.2 Å². The van der Waals surface area contributed by atoms with E-state index in [1.54, 1.807) is 6.07 Å². The molecule has 0 spiro atoms. The largest absolute Gasteiger partial charge is 0.361 e. The van der Waals surface area contributed by atoms with Crippen LogP contribution in [-0.4, -0.2) is 10.9 Å². The zero-order valence-corrected chi connectivity index (χ0v) is 19.7.